The number of piperidine rings is 1. The van der Waals surface area contributed by atoms with E-state index in [9.17, 15) is 4.79 Å². The van der Waals surface area contributed by atoms with E-state index in [0.717, 1.165) is 57.5 Å². The van der Waals surface area contributed by atoms with Gasteiger partial charge in [0.15, 0.2) is 0 Å². The van der Waals surface area contributed by atoms with E-state index in [0.29, 0.717) is 5.91 Å². The fourth-order valence-corrected chi connectivity index (χ4v) is 3.80. The summed E-state index contributed by atoms with van der Waals surface area (Å²) in [6.45, 7) is 1.87. The summed E-state index contributed by atoms with van der Waals surface area (Å²) in [5.74, 6) is 1.29. The third-order valence-electron chi connectivity index (χ3n) is 5.12. The van der Waals surface area contributed by atoms with Crippen LogP contribution in [-0.4, -0.2) is 29.9 Å². The van der Waals surface area contributed by atoms with E-state index < -0.39 is 0 Å². The lowest BCUT2D eigenvalue weighted by Gasteiger charge is -2.33. The molecule has 1 aliphatic heterocycles. The molecule has 0 spiro atoms. The average Bonchev–Trinajstić information content (AvgIpc) is 2.95. The molecule has 0 aromatic heterocycles. The minimum atomic E-state index is 0. The number of nitrogens with two attached hydrogens (primary N) is 1. The fourth-order valence-electron chi connectivity index (χ4n) is 3.80. The fraction of sp³-hybridized carbons (Fsp3) is 0.611. The molecule has 1 heterocycles. The molecule has 2 unspecified atom stereocenters. The summed E-state index contributed by atoms with van der Waals surface area (Å²) in [4.78, 5) is 14.6. The van der Waals surface area contributed by atoms with Crippen LogP contribution >= 0.6 is 12.4 Å². The molecule has 2 fully saturated rings. The number of hydrogen-bond acceptors (Lipinski definition) is 2. The van der Waals surface area contributed by atoms with Gasteiger partial charge in [0.25, 0.3) is 0 Å². The van der Waals surface area contributed by atoms with Crippen molar-refractivity contribution < 1.29 is 4.79 Å². The second-order valence-corrected chi connectivity index (χ2v) is 6.73. The molecule has 0 radical (unpaired) electrons. The molecule has 2 N–H and O–H groups in total. The van der Waals surface area contributed by atoms with Crippen LogP contribution in [-0.2, 0) is 11.2 Å². The van der Waals surface area contributed by atoms with Crippen LogP contribution in [0.25, 0.3) is 0 Å². The number of carbonyl (C=O) groups is 1. The molecule has 1 saturated carbocycles. The van der Waals surface area contributed by atoms with Gasteiger partial charge in [-0.15, -0.1) is 12.4 Å². The first-order valence-corrected chi connectivity index (χ1v) is 8.30. The second-order valence-electron chi connectivity index (χ2n) is 6.73. The van der Waals surface area contributed by atoms with Crippen molar-refractivity contribution in [3.05, 3.63) is 35.9 Å². The van der Waals surface area contributed by atoms with E-state index in [4.69, 9.17) is 5.73 Å². The molecule has 1 aromatic rings. The summed E-state index contributed by atoms with van der Waals surface area (Å²) in [7, 11) is 0. The van der Waals surface area contributed by atoms with Crippen LogP contribution in [0, 0.1) is 11.8 Å². The first-order chi connectivity index (χ1) is 10.2. The molecule has 3 nitrogen and oxygen atoms in total. The summed E-state index contributed by atoms with van der Waals surface area (Å²) in [6.07, 6.45) is 6.32. The highest BCUT2D eigenvalue weighted by Crippen LogP contribution is 2.28. The van der Waals surface area contributed by atoms with Crippen LogP contribution in [0.3, 0.4) is 0 Å². The van der Waals surface area contributed by atoms with Gasteiger partial charge in [-0.25, -0.2) is 0 Å². The number of halogens is 1. The average molecular weight is 323 g/mol. The van der Waals surface area contributed by atoms with Gasteiger partial charge in [0.05, 0.1) is 0 Å². The molecular formula is C18H27ClN2O. The van der Waals surface area contributed by atoms with E-state index in [1.54, 1.807) is 0 Å². The highest BCUT2D eigenvalue weighted by atomic mass is 35.5. The molecular weight excluding hydrogens is 296 g/mol. The van der Waals surface area contributed by atoms with Crippen LogP contribution in [0.2, 0.25) is 0 Å². The Kier molecular flexibility index (Phi) is 6.27. The number of amides is 1. The predicted octanol–water partition coefficient (Wildman–Crippen LogP) is 3.02. The van der Waals surface area contributed by atoms with Crippen molar-refractivity contribution in [3.8, 4) is 0 Å². The van der Waals surface area contributed by atoms with Crippen molar-refractivity contribution >= 4 is 18.3 Å². The van der Waals surface area contributed by atoms with Crippen molar-refractivity contribution in [2.24, 2.45) is 17.6 Å². The van der Waals surface area contributed by atoms with Gasteiger partial charge in [-0.1, -0.05) is 30.3 Å². The number of likely N-dealkylation sites (tertiary alicyclic amines) is 1. The number of nitrogens with zero attached hydrogens (tertiary/aromatic N) is 1. The van der Waals surface area contributed by atoms with Gasteiger partial charge in [-0.2, -0.15) is 0 Å². The van der Waals surface area contributed by atoms with Crippen LogP contribution in [0.5, 0.6) is 0 Å². The van der Waals surface area contributed by atoms with E-state index in [2.05, 4.69) is 35.2 Å². The Hall–Kier alpha value is -1.06. The van der Waals surface area contributed by atoms with E-state index in [-0.39, 0.29) is 24.4 Å². The molecule has 2 aliphatic rings. The largest absolute Gasteiger partial charge is 0.342 e. The summed E-state index contributed by atoms with van der Waals surface area (Å²) in [5, 5.41) is 0. The number of carbonyl (C=O) groups excluding carboxylic acids is 1. The Morgan fingerprint density at radius 2 is 1.77 bits per heavy atom. The van der Waals surface area contributed by atoms with Gasteiger partial charge >= 0.3 is 0 Å². The molecule has 2 atom stereocenters. The van der Waals surface area contributed by atoms with Gasteiger partial charge in [0.1, 0.15) is 0 Å². The highest BCUT2D eigenvalue weighted by molar-refractivity contribution is 5.85. The first-order valence-electron chi connectivity index (χ1n) is 8.30. The van der Waals surface area contributed by atoms with Crippen LogP contribution in [0.4, 0.5) is 0 Å². The van der Waals surface area contributed by atoms with Crippen molar-refractivity contribution in [1.29, 1.82) is 0 Å². The van der Waals surface area contributed by atoms with Crippen molar-refractivity contribution in [2.45, 2.75) is 44.6 Å². The first kappa shape index (κ1) is 17.3. The maximum absolute atomic E-state index is 12.5. The molecule has 22 heavy (non-hydrogen) atoms. The second kappa shape index (κ2) is 7.98. The monoisotopic (exact) mass is 322 g/mol. The minimum Gasteiger partial charge on any atom is -0.342 e. The molecule has 1 saturated heterocycles. The standard InChI is InChI=1S/C18H26N2O.ClH/c19-17-7-6-16(13-17)18(21)20-10-8-15(9-11-20)12-14-4-2-1-3-5-14;/h1-5,15-17H,6-13,19H2;1H. The SMILES string of the molecule is Cl.NC1CCC(C(=O)N2CCC(Cc3ccccc3)CC2)C1. The van der Waals surface area contributed by atoms with Gasteiger partial charge in [0, 0.05) is 25.0 Å². The topological polar surface area (TPSA) is 46.3 Å². The van der Waals surface area contributed by atoms with E-state index in [1.165, 1.54) is 5.56 Å². The summed E-state index contributed by atoms with van der Waals surface area (Å²) < 4.78 is 0. The smallest absolute Gasteiger partial charge is 0.225 e. The number of hydrogen-bond donors (Lipinski definition) is 1. The molecule has 122 valence electrons. The van der Waals surface area contributed by atoms with Crippen LogP contribution in [0.1, 0.15) is 37.7 Å². The molecule has 3 rings (SSSR count). The van der Waals surface area contributed by atoms with Crippen LogP contribution in [0.15, 0.2) is 30.3 Å². The van der Waals surface area contributed by atoms with Crippen molar-refractivity contribution in [2.75, 3.05) is 13.1 Å². The Morgan fingerprint density at radius 3 is 2.36 bits per heavy atom. The highest BCUT2D eigenvalue weighted by Gasteiger charge is 2.32. The zero-order chi connectivity index (χ0) is 14.7. The lowest BCUT2D eigenvalue weighted by molar-refractivity contribution is -0.136. The van der Waals surface area contributed by atoms with E-state index in [1.807, 2.05) is 0 Å². The van der Waals surface area contributed by atoms with Gasteiger partial charge < -0.3 is 10.6 Å². The minimum absolute atomic E-state index is 0. The van der Waals surface area contributed by atoms with Gasteiger partial charge in [-0.3, -0.25) is 4.79 Å². The summed E-state index contributed by atoms with van der Waals surface area (Å²) in [6, 6.07) is 10.9. The van der Waals surface area contributed by atoms with Crippen LogP contribution < -0.4 is 5.73 Å². The number of benzene rings is 1. The lowest BCUT2D eigenvalue weighted by Crippen LogP contribution is -2.41. The van der Waals surface area contributed by atoms with E-state index >= 15 is 0 Å². The maximum Gasteiger partial charge on any atom is 0.225 e. The quantitative estimate of drug-likeness (QED) is 0.929. The Bertz CT molecular complexity index is 471. The van der Waals surface area contributed by atoms with Gasteiger partial charge in [0.2, 0.25) is 5.91 Å². The Balaban J connectivity index is 0.00000176. The molecule has 1 aliphatic carbocycles. The Labute approximate surface area is 139 Å². The molecule has 1 amide bonds. The summed E-state index contributed by atoms with van der Waals surface area (Å²) in [5.41, 5.74) is 7.35. The molecule has 1 aromatic carbocycles. The zero-order valence-corrected chi connectivity index (χ0v) is 13.9. The maximum atomic E-state index is 12.5. The molecule has 4 heteroatoms. The molecule has 0 bridgehead atoms. The van der Waals surface area contributed by atoms with Gasteiger partial charge in [-0.05, 0) is 50.0 Å². The van der Waals surface area contributed by atoms with Crippen molar-refractivity contribution in [3.63, 3.8) is 0 Å². The lowest BCUT2D eigenvalue weighted by atomic mass is 9.89. The normalized spacial score (nSPS) is 25.8. The summed E-state index contributed by atoms with van der Waals surface area (Å²) >= 11 is 0. The zero-order valence-electron chi connectivity index (χ0n) is 13.1. The number of rotatable bonds is 3. The predicted molar refractivity (Wildman–Crippen MR) is 92.0 cm³/mol. The third kappa shape index (κ3) is 4.23. The van der Waals surface area contributed by atoms with Crippen molar-refractivity contribution in [1.82, 2.24) is 4.90 Å². The third-order valence-corrected chi connectivity index (χ3v) is 5.12. The Morgan fingerprint density at radius 1 is 1.09 bits per heavy atom.